The molecular formula is C35H48N4O7S. The Hall–Kier alpha value is -2.38. The number of thioether (sulfide) groups is 1. The molecule has 2 amide bonds. The minimum absolute atomic E-state index is 0.0248. The molecule has 1 aromatic heterocycles. The second-order valence-electron chi connectivity index (χ2n) is 15.3. The predicted molar refractivity (Wildman–Crippen MR) is 173 cm³/mol. The lowest BCUT2D eigenvalue weighted by Crippen LogP contribution is -2.78. The minimum Gasteiger partial charge on any atom is -0.393 e. The first-order chi connectivity index (χ1) is 22.5. The normalized spacial score (nSPS) is 39.6. The Bertz CT molecular complexity index is 1490. The van der Waals surface area contributed by atoms with E-state index in [1.807, 2.05) is 6.08 Å². The van der Waals surface area contributed by atoms with Gasteiger partial charge in [0.05, 0.1) is 48.0 Å². The summed E-state index contributed by atoms with van der Waals surface area (Å²) >= 11 is 0.982. The van der Waals surface area contributed by atoms with Crippen LogP contribution in [-0.4, -0.2) is 78.2 Å². The Labute approximate surface area is 280 Å². The Morgan fingerprint density at radius 2 is 1.98 bits per heavy atom. The number of aliphatic hydroxyl groups excluding tert-OH is 2. The first-order valence-electron chi connectivity index (χ1n) is 17.5. The molecule has 1 aromatic rings. The molecule has 12 heteroatoms. The second-order valence-corrected chi connectivity index (χ2v) is 16.3. The molecule has 2 N–H and O–H groups in total. The smallest absolute Gasteiger partial charge is 0.293 e. The summed E-state index contributed by atoms with van der Waals surface area (Å²) in [6, 6.07) is 0. The molecule has 3 saturated heterocycles. The average molecular weight is 669 g/mol. The number of fused-ring (bicyclic) bond motifs is 2. The Morgan fingerprint density at radius 1 is 1.17 bits per heavy atom. The number of hydrogen-bond acceptors (Lipinski definition) is 10. The van der Waals surface area contributed by atoms with Crippen LogP contribution in [0.25, 0.3) is 0 Å². The molecule has 7 fully saturated rings. The minimum atomic E-state index is -1.16. The molecule has 4 bridgehead atoms. The van der Waals surface area contributed by atoms with Crippen LogP contribution in [0.2, 0.25) is 0 Å². The van der Waals surface area contributed by atoms with Crippen LogP contribution < -0.4 is 0 Å². The van der Waals surface area contributed by atoms with Gasteiger partial charge in [-0.2, -0.15) is 0 Å². The number of carbonyl (C=O) groups excluding carboxylic acids is 3. The monoisotopic (exact) mass is 668 g/mol. The summed E-state index contributed by atoms with van der Waals surface area (Å²) in [4.78, 5) is 41.0. The van der Waals surface area contributed by atoms with E-state index in [2.05, 4.69) is 37.7 Å². The first kappa shape index (κ1) is 33.1. The van der Waals surface area contributed by atoms with Crippen molar-refractivity contribution >= 4 is 28.7 Å². The van der Waals surface area contributed by atoms with E-state index in [0.717, 1.165) is 56.7 Å². The zero-order valence-corrected chi connectivity index (χ0v) is 28.5. The lowest BCUT2D eigenvalue weighted by molar-refractivity contribution is -0.402. The van der Waals surface area contributed by atoms with Gasteiger partial charge in [0, 0.05) is 23.8 Å². The molecule has 11 nitrogen and oxygen atoms in total. The fourth-order valence-electron chi connectivity index (χ4n) is 10.5. The van der Waals surface area contributed by atoms with E-state index in [-0.39, 0.29) is 34.8 Å². The fraction of sp³-hybridized carbons (Fsp3) is 0.743. The van der Waals surface area contributed by atoms with Crippen LogP contribution in [0.5, 0.6) is 0 Å². The molecule has 4 saturated carbocycles. The third-order valence-corrected chi connectivity index (χ3v) is 13.4. The van der Waals surface area contributed by atoms with Crippen LogP contribution in [0.4, 0.5) is 4.79 Å². The summed E-state index contributed by atoms with van der Waals surface area (Å²) in [6.45, 7) is 11.7. The highest BCUT2D eigenvalue weighted by Crippen LogP contribution is 2.75. The number of rotatable bonds is 11. The summed E-state index contributed by atoms with van der Waals surface area (Å²) in [6.07, 6.45) is 9.18. The van der Waals surface area contributed by atoms with Crippen LogP contribution >= 0.6 is 11.8 Å². The van der Waals surface area contributed by atoms with Gasteiger partial charge in [-0.25, -0.2) is 0 Å². The van der Waals surface area contributed by atoms with E-state index < -0.39 is 47.3 Å². The first-order valence-corrected chi connectivity index (χ1v) is 18.3. The molecule has 2 spiro atoms. The molecule has 7 aliphatic rings. The summed E-state index contributed by atoms with van der Waals surface area (Å²) in [5.41, 5.74) is -0.820. The summed E-state index contributed by atoms with van der Waals surface area (Å²) < 4.78 is 15.0. The summed E-state index contributed by atoms with van der Waals surface area (Å²) in [5.74, 6) is -1.10. The van der Waals surface area contributed by atoms with Crippen molar-refractivity contribution in [3.8, 4) is 0 Å². The van der Waals surface area contributed by atoms with Gasteiger partial charge in [0.2, 0.25) is 0 Å². The van der Waals surface area contributed by atoms with Gasteiger partial charge >= 0.3 is 0 Å². The number of allylic oxidation sites excluding steroid dienone is 1. The molecule has 3 aliphatic heterocycles. The molecule has 47 heavy (non-hydrogen) atoms. The molecule has 4 heterocycles. The number of ketones is 1. The lowest BCUT2D eigenvalue weighted by Gasteiger charge is -2.72. The van der Waals surface area contributed by atoms with Crippen LogP contribution in [0.1, 0.15) is 90.7 Å². The quantitative estimate of drug-likeness (QED) is 0.250. The molecule has 0 unspecified atom stereocenters. The maximum absolute atomic E-state index is 13.9. The van der Waals surface area contributed by atoms with E-state index in [4.69, 9.17) is 9.47 Å². The number of aliphatic hydroxyl groups is 2. The number of hydrogen-bond donors (Lipinski definition) is 2. The van der Waals surface area contributed by atoms with Crippen molar-refractivity contribution in [2.75, 3.05) is 6.61 Å². The van der Waals surface area contributed by atoms with Crippen LogP contribution in [0.3, 0.4) is 0 Å². The highest BCUT2D eigenvalue weighted by Gasteiger charge is 2.81. The van der Waals surface area contributed by atoms with Gasteiger partial charge in [0.25, 0.3) is 11.1 Å². The number of Topliss-reactive ketones (excluding diaryl/α,β-unsaturated/α-hetero) is 1. The van der Waals surface area contributed by atoms with Crippen molar-refractivity contribution < 1.29 is 34.1 Å². The van der Waals surface area contributed by atoms with E-state index in [0.29, 0.717) is 48.6 Å². The van der Waals surface area contributed by atoms with Crippen molar-refractivity contribution in [3.63, 3.8) is 0 Å². The number of imide groups is 1. The van der Waals surface area contributed by atoms with Crippen LogP contribution in [0, 0.1) is 34.0 Å². The fourth-order valence-corrected chi connectivity index (χ4v) is 11.3. The molecule has 8 rings (SSSR count). The van der Waals surface area contributed by atoms with Crippen molar-refractivity contribution in [1.82, 2.24) is 19.9 Å². The molecule has 0 radical (unpaired) electrons. The Kier molecular flexibility index (Phi) is 8.59. The number of aryl methyl sites for hydroxylation is 1. The number of carbonyl (C=O) groups is 3. The van der Waals surface area contributed by atoms with Crippen molar-refractivity contribution in [2.45, 2.75) is 123 Å². The van der Waals surface area contributed by atoms with Gasteiger partial charge in [-0.1, -0.05) is 57.9 Å². The Balaban J connectivity index is 1.01. The molecular weight excluding hydrogens is 620 g/mol. The SMILES string of the molecule is C=C1C(=O)[C@]23[C@H](O)[C@H]1C[C@H](O)[C@H]2[C@]12CCCC(C)(C)[C@H]1C[C@H]3O[C@@H]2OCCCn1cc(CN2C(=O)S/C(=C/CCCCC)C2=O)nn1. The van der Waals surface area contributed by atoms with Crippen molar-refractivity contribution in [2.24, 2.45) is 34.0 Å². The van der Waals surface area contributed by atoms with Crippen LogP contribution in [0.15, 0.2) is 29.3 Å². The molecule has 256 valence electrons. The highest BCUT2D eigenvalue weighted by molar-refractivity contribution is 8.18. The number of ether oxygens (including phenoxy) is 2. The van der Waals surface area contributed by atoms with Gasteiger partial charge in [-0.05, 0) is 73.6 Å². The summed E-state index contributed by atoms with van der Waals surface area (Å²) in [7, 11) is 0. The molecule has 0 aromatic carbocycles. The zero-order chi connectivity index (χ0) is 33.3. The van der Waals surface area contributed by atoms with Crippen molar-refractivity contribution in [3.05, 3.63) is 35.0 Å². The van der Waals surface area contributed by atoms with Gasteiger partial charge in [-0.3, -0.25) is 24.0 Å². The largest absolute Gasteiger partial charge is 0.393 e. The average Bonchev–Trinajstić information content (AvgIpc) is 3.63. The number of amides is 2. The topological polar surface area (TPSA) is 144 Å². The predicted octanol–water partition coefficient (Wildman–Crippen LogP) is 4.77. The van der Waals surface area contributed by atoms with Gasteiger partial charge in [0.1, 0.15) is 5.69 Å². The van der Waals surface area contributed by atoms with E-state index >= 15 is 0 Å². The maximum Gasteiger partial charge on any atom is 0.293 e. The third-order valence-electron chi connectivity index (χ3n) is 12.4. The van der Waals surface area contributed by atoms with Gasteiger partial charge in [-0.15, -0.1) is 5.10 Å². The third kappa shape index (κ3) is 4.94. The van der Waals surface area contributed by atoms with Crippen molar-refractivity contribution in [1.29, 1.82) is 0 Å². The van der Waals surface area contributed by atoms with E-state index in [1.54, 1.807) is 10.9 Å². The lowest BCUT2D eigenvalue weighted by atomic mass is 9.37. The maximum atomic E-state index is 13.9. The standard InChI is InChI=1S/C35H48N4O7S/c1-5-6-7-8-11-24-30(43)39(32(44)47-24)19-21-18-38(37-36-21)14-10-15-45-31-34-13-9-12-33(3,4)25(34)17-26(46-31)35-27(34)23(40)16-22(29(35)42)20(2)28(35)41/h11,18,22-23,25-27,29,31,40,42H,2,5-10,12-17,19H2,1,3-4H3/b24-11+/t22-,23-,25+,26+,27-,29+,31-,34-,35+/m0/s1. The second kappa shape index (κ2) is 12.2. The van der Waals surface area contributed by atoms with Gasteiger partial charge < -0.3 is 19.7 Å². The summed E-state index contributed by atoms with van der Waals surface area (Å²) in [5, 5.41) is 31.5. The number of aromatic nitrogens is 3. The number of unbranched alkanes of at least 4 members (excludes halogenated alkanes) is 3. The molecule has 9 atom stereocenters. The zero-order valence-electron chi connectivity index (χ0n) is 27.7. The Morgan fingerprint density at radius 3 is 2.77 bits per heavy atom. The number of nitrogens with zero attached hydrogens (tertiary/aromatic N) is 4. The highest BCUT2D eigenvalue weighted by atomic mass is 32.2. The van der Waals surface area contributed by atoms with E-state index in [1.165, 1.54) is 4.90 Å². The van der Waals surface area contributed by atoms with Crippen LogP contribution in [-0.2, 0) is 32.2 Å². The van der Waals surface area contributed by atoms with Gasteiger partial charge in [0.15, 0.2) is 12.1 Å². The van der Waals surface area contributed by atoms with E-state index in [9.17, 15) is 24.6 Å². The molecule has 4 aliphatic carbocycles.